The van der Waals surface area contributed by atoms with Crippen molar-refractivity contribution in [3.8, 4) is 11.5 Å². The van der Waals surface area contributed by atoms with Crippen molar-refractivity contribution >= 4 is 16.7 Å². The van der Waals surface area contributed by atoms with Gasteiger partial charge in [0.1, 0.15) is 11.5 Å². The number of aromatic nitrogens is 1. The second-order valence-electron chi connectivity index (χ2n) is 5.67. The Hall–Kier alpha value is -2.92. The fourth-order valence-electron chi connectivity index (χ4n) is 2.70. The third kappa shape index (κ3) is 3.61. The number of ether oxygens (including phenoxy) is 2. The van der Waals surface area contributed by atoms with Crippen LogP contribution in [0.4, 0.5) is 0 Å². The lowest BCUT2D eigenvalue weighted by Crippen LogP contribution is -2.09. The minimum absolute atomic E-state index is 0.0529. The molecule has 1 atom stereocenters. The molecule has 0 saturated heterocycles. The SMILES string of the molecule is COc1ccc(C(=O)CC(O)c2cnc3ccccc3c2)c(OC)c1. The lowest BCUT2D eigenvalue weighted by atomic mass is 9.99. The summed E-state index contributed by atoms with van der Waals surface area (Å²) in [6.07, 6.45) is 0.616. The number of benzene rings is 2. The number of para-hydroxylation sites is 1. The highest BCUT2D eigenvalue weighted by Gasteiger charge is 2.19. The summed E-state index contributed by atoms with van der Waals surface area (Å²) in [6, 6.07) is 14.5. The van der Waals surface area contributed by atoms with Gasteiger partial charge in [-0.3, -0.25) is 9.78 Å². The lowest BCUT2D eigenvalue weighted by Gasteiger charge is -2.13. The van der Waals surface area contributed by atoms with Crippen molar-refractivity contribution in [1.29, 1.82) is 0 Å². The van der Waals surface area contributed by atoms with Crippen LogP contribution in [-0.2, 0) is 0 Å². The van der Waals surface area contributed by atoms with Gasteiger partial charge in [-0.25, -0.2) is 0 Å². The van der Waals surface area contributed by atoms with Gasteiger partial charge >= 0.3 is 0 Å². The van der Waals surface area contributed by atoms with E-state index in [4.69, 9.17) is 9.47 Å². The smallest absolute Gasteiger partial charge is 0.169 e. The molecule has 1 unspecified atom stereocenters. The van der Waals surface area contributed by atoms with Gasteiger partial charge in [0, 0.05) is 24.1 Å². The number of hydrogen-bond donors (Lipinski definition) is 1. The van der Waals surface area contributed by atoms with Crippen molar-refractivity contribution in [3.63, 3.8) is 0 Å². The third-order valence-electron chi connectivity index (χ3n) is 4.08. The Balaban J connectivity index is 1.82. The first-order valence-electron chi connectivity index (χ1n) is 7.90. The van der Waals surface area contributed by atoms with E-state index in [2.05, 4.69) is 4.98 Å². The van der Waals surface area contributed by atoms with Crippen LogP contribution in [0.2, 0.25) is 0 Å². The Labute approximate surface area is 145 Å². The molecule has 0 radical (unpaired) electrons. The standard InChI is InChI=1S/C20H19NO4/c1-24-15-7-8-16(20(10-15)25-2)19(23)11-18(22)14-9-13-5-3-4-6-17(13)21-12-14/h3-10,12,18,22H,11H2,1-2H3. The Morgan fingerprint density at radius 1 is 1.12 bits per heavy atom. The molecule has 0 aliphatic carbocycles. The molecule has 0 fully saturated rings. The molecular weight excluding hydrogens is 318 g/mol. The molecule has 0 bridgehead atoms. The molecule has 0 aliphatic rings. The summed E-state index contributed by atoms with van der Waals surface area (Å²) < 4.78 is 10.4. The van der Waals surface area contributed by atoms with Gasteiger partial charge in [0.2, 0.25) is 0 Å². The van der Waals surface area contributed by atoms with E-state index in [0.717, 1.165) is 10.9 Å². The number of rotatable bonds is 6. The first kappa shape index (κ1) is 16.9. The molecule has 1 N–H and O–H groups in total. The fraction of sp³-hybridized carbons (Fsp3) is 0.200. The number of nitrogens with zero attached hydrogens (tertiary/aromatic N) is 1. The van der Waals surface area contributed by atoms with Gasteiger partial charge < -0.3 is 14.6 Å². The van der Waals surface area contributed by atoms with Gasteiger partial charge in [0.25, 0.3) is 0 Å². The largest absolute Gasteiger partial charge is 0.497 e. The lowest BCUT2D eigenvalue weighted by molar-refractivity contribution is 0.0877. The summed E-state index contributed by atoms with van der Waals surface area (Å²) in [5.41, 5.74) is 1.87. The Morgan fingerprint density at radius 3 is 2.68 bits per heavy atom. The molecular formula is C20H19NO4. The molecule has 5 nitrogen and oxygen atoms in total. The zero-order valence-electron chi connectivity index (χ0n) is 14.1. The molecule has 3 aromatic rings. The maximum absolute atomic E-state index is 12.6. The number of aliphatic hydroxyl groups excluding tert-OH is 1. The van der Waals surface area contributed by atoms with Crippen LogP contribution < -0.4 is 9.47 Å². The van der Waals surface area contributed by atoms with Crippen molar-refractivity contribution < 1.29 is 19.4 Å². The Bertz CT molecular complexity index is 907. The predicted octanol–water partition coefficient (Wildman–Crippen LogP) is 3.56. The van der Waals surface area contributed by atoms with Gasteiger partial charge in [-0.1, -0.05) is 18.2 Å². The first-order chi connectivity index (χ1) is 12.1. The molecule has 5 heteroatoms. The predicted molar refractivity (Wildman–Crippen MR) is 95.2 cm³/mol. The second-order valence-corrected chi connectivity index (χ2v) is 5.67. The van der Waals surface area contributed by atoms with Crippen LogP contribution in [0.5, 0.6) is 11.5 Å². The summed E-state index contributed by atoms with van der Waals surface area (Å²) in [5, 5.41) is 11.4. The number of fused-ring (bicyclic) bond motifs is 1. The first-order valence-corrected chi connectivity index (χ1v) is 7.90. The highest BCUT2D eigenvalue weighted by atomic mass is 16.5. The zero-order chi connectivity index (χ0) is 17.8. The van der Waals surface area contributed by atoms with Crippen LogP contribution in [0.1, 0.15) is 28.4 Å². The van der Waals surface area contributed by atoms with E-state index in [1.54, 1.807) is 31.5 Å². The summed E-state index contributed by atoms with van der Waals surface area (Å²) in [4.78, 5) is 16.9. The number of ketones is 1. The van der Waals surface area contributed by atoms with E-state index in [1.165, 1.54) is 7.11 Å². The molecule has 2 aromatic carbocycles. The van der Waals surface area contributed by atoms with Crippen molar-refractivity contribution in [1.82, 2.24) is 4.98 Å². The van der Waals surface area contributed by atoms with Gasteiger partial charge in [-0.15, -0.1) is 0 Å². The van der Waals surface area contributed by atoms with E-state index in [9.17, 15) is 9.90 Å². The Kier molecular flexibility index (Phi) is 4.95. The maximum atomic E-state index is 12.6. The van der Waals surface area contributed by atoms with E-state index in [0.29, 0.717) is 22.6 Å². The highest BCUT2D eigenvalue weighted by molar-refractivity contribution is 5.99. The molecule has 0 saturated carbocycles. The maximum Gasteiger partial charge on any atom is 0.169 e. The topological polar surface area (TPSA) is 68.7 Å². The number of carbonyl (C=O) groups excluding carboxylic acids is 1. The van der Waals surface area contributed by atoms with Crippen LogP contribution in [-0.4, -0.2) is 30.1 Å². The number of methoxy groups -OCH3 is 2. The molecule has 25 heavy (non-hydrogen) atoms. The normalized spacial score (nSPS) is 12.0. The molecule has 1 aromatic heterocycles. The Morgan fingerprint density at radius 2 is 1.92 bits per heavy atom. The highest BCUT2D eigenvalue weighted by Crippen LogP contribution is 2.28. The van der Waals surface area contributed by atoms with Gasteiger partial charge in [0.05, 0.1) is 31.4 Å². The molecule has 0 spiro atoms. The summed E-state index contributed by atoms with van der Waals surface area (Å²) in [7, 11) is 3.04. The summed E-state index contributed by atoms with van der Waals surface area (Å²) >= 11 is 0. The van der Waals surface area contributed by atoms with Gasteiger partial charge in [-0.2, -0.15) is 0 Å². The van der Waals surface area contributed by atoms with Crippen molar-refractivity contribution in [2.24, 2.45) is 0 Å². The second kappa shape index (κ2) is 7.32. The number of carbonyl (C=O) groups is 1. The van der Waals surface area contributed by atoms with Crippen molar-refractivity contribution in [2.75, 3.05) is 14.2 Å². The minimum Gasteiger partial charge on any atom is -0.497 e. The summed E-state index contributed by atoms with van der Waals surface area (Å²) in [6.45, 7) is 0. The molecule has 0 amide bonds. The van der Waals surface area contributed by atoms with Crippen LogP contribution in [0.25, 0.3) is 10.9 Å². The molecule has 3 rings (SSSR count). The number of pyridine rings is 1. The molecule has 128 valence electrons. The monoisotopic (exact) mass is 337 g/mol. The van der Waals surface area contributed by atoms with E-state index >= 15 is 0 Å². The molecule has 0 aliphatic heterocycles. The average Bonchev–Trinajstić information content (AvgIpc) is 2.66. The molecule has 1 heterocycles. The van der Waals surface area contributed by atoms with Crippen LogP contribution >= 0.6 is 0 Å². The van der Waals surface area contributed by atoms with E-state index in [1.807, 2.05) is 30.3 Å². The van der Waals surface area contributed by atoms with Crippen LogP contribution in [0.3, 0.4) is 0 Å². The number of aliphatic hydroxyl groups is 1. The minimum atomic E-state index is -0.934. The fourth-order valence-corrected chi connectivity index (χ4v) is 2.70. The van der Waals surface area contributed by atoms with Crippen LogP contribution in [0, 0.1) is 0 Å². The third-order valence-corrected chi connectivity index (χ3v) is 4.08. The van der Waals surface area contributed by atoms with Crippen molar-refractivity contribution in [3.05, 3.63) is 65.9 Å². The zero-order valence-corrected chi connectivity index (χ0v) is 14.1. The average molecular weight is 337 g/mol. The van der Waals surface area contributed by atoms with Gasteiger partial charge in [-0.05, 0) is 29.8 Å². The van der Waals surface area contributed by atoms with E-state index in [-0.39, 0.29) is 12.2 Å². The quantitative estimate of drug-likeness (QED) is 0.697. The van der Waals surface area contributed by atoms with Crippen molar-refractivity contribution in [2.45, 2.75) is 12.5 Å². The van der Waals surface area contributed by atoms with E-state index < -0.39 is 6.10 Å². The summed E-state index contributed by atoms with van der Waals surface area (Å²) in [5.74, 6) is 0.820. The number of Topliss-reactive ketones (excluding diaryl/α,β-unsaturated/α-hetero) is 1. The number of hydrogen-bond acceptors (Lipinski definition) is 5. The van der Waals surface area contributed by atoms with Gasteiger partial charge in [0.15, 0.2) is 5.78 Å². The van der Waals surface area contributed by atoms with Crippen LogP contribution in [0.15, 0.2) is 54.7 Å².